The van der Waals surface area contributed by atoms with Crippen molar-refractivity contribution in [3.05, 3.63) is 63.6 Å². The molecule has 2 rings (SSSR count). The van der Waals surface area contributed by atoms with E-state index < -0.39 is 5.97 Å². The monoisotopic (exact) mass is 389 g/mol. The third kappa shape index (κ3) is 4.93. The second kappa shape index (κ2) is 8.11. The van der Waals surface area contributed by atoms with Crippen LogP contribution in [0, 0.1) is 12.8 Å². The number of rotatable bonds is 5. The number of anilines is 1. The number of amides is 1. The number of benzene rings is 2. The average Bonchev–Trinajstić information content (AvgIpc) is 2.55. The molecule has 0 bridgehead atoms. The van der Waals surface area contributed by atoms with Crippen LogP contribution < -0.4 is 5.32 Å². The number of aryl methyl sites for hydroxylation is 1. The lowest BCUT2D eigenvalue weighted by molar-refractivity contribution is -0.118. The van der Waals surface area contributed by atoms with Crippen molar-refractivity contribution in [1.82, 2.24) is 0 Å². The first-order valence-corrected chi connectivity index (χ1v) is 8.49. The van der Waals surface area contributed by atoms with Gasteiger partial charge in [-0.25, -0.2) is 4.79 Å². The maximum atomic E-state index is 12.2. The number of carbonyl (C=O) groups excluding carboxylic acids is 2. The highest BCUT2D eigenvalue weighted by atomic mass is 79.9. The van der Waals surface area contributed by atoms with Gasteiger partial charge in [0.25, 0.3) is 0 Å². The molecule has 1 N–H and O–H groups in total. The molecule has 0 aromatic heterocycles. The molecule has 0 spiro atoms. The summed E-state index contributed by atoms with van der Waals surface area (Å²) >= 11 is 3.36. The Morgan fingerprint density at radius 1 is 1.12 bits per heavy atom. The van der Waals surface area contributed by atoms with Crippen LogP contribution in [0.4, 0.5) is 5.69 Å². The van der Waals surface area contributed by atoms with E-state index in [2.05, 4.69) is 21.2 Å². The molecule has 0 aliphatic heterocycles. The van der Waals surface area contributed by atoms with Gasteiger partial charge >= 0.3 is 5.97 Å². The van der Waals surface area contributed by atoms with Crippen molar-refractivity contribution in [1.29, 1.82) is 0 Å². The minimum Gasteiger partial charge on any atom is -0.457 e. The second-order valence-electron chi connectivity index (χ2n) is 5.88. The Kier molecular flexibility index (Phi) is 6.15. The van der Waals surface area contributed by atoms with Gasteiger partial charge < -0.3 is 10.1 Å². The summed E-state index contributed by atoms with van der Waals surface area (Å²) in [5.74, 6) is -0.631. The summed E-state index contributed by atoms with van der Waals surface area (Å²) in [6, 6.07) is 12.7. The topological polar surface area (TPSA) is 55.4 Å². The van der Waals surface area contributed by atoms with E-state index in [1.807, 2.05) is 45.0 Å². The normalized spacial score (nSPS) is 10.5. The first kappa shape index (κ1) is 18.2. The molecule has 0 aliphatic carbocycles. The van der Waals surface area contributed by atoms with E-state index in [9.17, 15) is 9.59 Å². The van der Waals surface area contributed by atoms with Crippen molar-refractivity contribution in [2.24, 2.45) is 5.92 Å². The highest BCUT2D eigenvalue weighted by Gasteiger charge is 2.13. The Morgan fingerprint density at radius 2 is 1.79 bits per heavy atom. The van der Waals surface area contributed by atoms with E-state index in [0.29, 0.717) is 11.3 Å². The second-order valence-corrected chi connectivity index (χ2v) is 6.79. The molecule has 0 fully saturated rings. The van der Waals surface area contributed by atoms with E-state index in [4.69, 9.17) is 4.74 Å². The fourth-order valence-electron chi connectivity index (χ4n) is 1.97. The Hall–Kier alpha value is -2.14. The van der Waals surface area contributed by atoms with Crippen molar-refractivity contribution >= 4 is 33.5 Å². The SMILES string of the molecule is Cc1ccc(C(=O)OCc2ccc(Br)cc2)cc1NC(=O)C(C)C. The Bertz CT molecular complexity index is 739. The van der Waals surface area contributed by atoms with E-state index >= 15 is 0 Å². The molecular weight excluding hydrogens is 370 g/mol. The fraction of sp³-hybridized carbons (Fsp3) is 0.263. The number of hydrogen-bond acceptors (Lipinski definition) is 3. The first-order chi connectivity index (χ1) is 11.4. The molecule has 4 nitrogen and oxygen atoms in total. The average molecular weight is 390 g/mol. The third-order valence-corrected chi connectivity index (χ3v) is 4.07. The van der Waals surface area contributed by atoms with Crippen LogP contribution in [-0.2, 0) is 16.1 Å². The minimum absolute atomic E-state index is 0.0847. The van der Waals surface area contributed by atoms with Gasteiger partial charge in [0.05, 0.1) is 5.56 Å². The van der Waals surface area contributed by atoms with Crippen LogP contribution in [0.2, 0.25) is 0 Å². The molecule has 24 heavy (non-hydrogen) atoms. The summed E-state index contributed by atoms with van der Waals surface area (Å²) in [5.41, 5.74) is 2.85. The Labute approximate surface area is 150 Å². The zero-order valence-corrected chi connectivity index (χ0v) is 15.5. The molecule has 0 aliphatic rings. The molecular formula is C19H20BrNO3. The van der Waals surface area contributed by atoms with Crippen molar-refractivity contribution in [2.45, 2.75) is 27.4 Å². The summed E-state index contributed by atoms with van der Waals surface area (Å²) in [7, 11) is 0. The van der Waals surface area contributed by atoms with Gasteiger partial charge in [-0.2, -0.15) is 0 Å². The third-order valence-electron chi connectivity index (χ3n) is 3.54. The van der Waals surface area contributed by atoms with Gasteiger partial charge in [-0.1, -0.05) is 48.0 Å². The highest BCUT2D eigenvalue weighted by Crippen LogP contribution is 2.19. The van der Waals surface area contributed by atoms with Gasteiger partial charge in [-0.15, -0.1) is 0 Å². The molecule has 0 radical (unpaired) electrons. The maximum Gasteiger partial charge on any atom is 0.338 e. The van der Waals surface area contributed by atoms with E-state index in [1.165, 1.54) is 0 Å². The van der Waals surface area contributed by atoms with Crippen LogP contribution in [0.1, 0.15) is 35.3 Å². The summed E-state index contributed by atoms with van der Waals surface area (Å²) in [4.78, 5) is 24.1. The zero-order chi connectivity index (χ0) is 17.7. The lowest BCUT2D eigenvalue weighted by Gasteiger charge is -2.12. The van der Waals surface area contributed by atoms with Gasteiger partial charge in [0.15, 0.2) is 0 Å². The predicted octanol–water partition coefficient (Wildman–Crippen LogP) is 4.71. The quantitative estimate of drug-likeness (QED) is 0.753. The lowest BCUT2D eigenvalue weighted by Crippen LogP contribution is -2.18. The highest BCUT2D eigenvalue weighted by molar-refractivity contribution is 9.10. The molecule has 126 valence electrons. The number of nitrogens with one attached hydrogen (secondary N) is 1. The van der Waals surface area contributed by atoms with Crippen LogP contribution in [-0.4, -0.2) is 11.9 Å². The van der Waals surface area contributed by atoms with Crippen LogP contribution >= 0.6 is 15.9 Å². The zero-order valence-electron chi connectivity index (χ0n) is 13.9. The molecule has 0 saturated carbocycles. The molecule has 2 aromatic rings. The molecule has 5 heteroatoms. The smallest absolute Gasteiger partial charge is 0.338 e. The molecule has 0 atom stereocenters. The van der Waals surface area contributed by atoms with E-state index in [1.54, 1.807) is 18.2 Å². The number of carbonyl (C=O) groups is 2. The molecule has 2 aromatic carbocycles. The van der Waals surface area contributed by atoms with Crippen LogP contribution in [0.3, 0.4) is 0 Å². The lowest BCUT2D eigenvalue weighted by atomic mass is 10.1. The largest absolute Gasteiger partial charge is 0.457 e. The van der Waals surface area contributed by atoms with Gasteiger partial charge in [0.1, 0.15) is 6.61 Å². The number of halogens is 1. The number of hydrogen-bond donors (Lipinski definition) is 1. The Morgan fingerprint density at radius 3 is 2.42 bits per heavy atom. The van der Waals surface area contributed by atoms with Crippen LogP contribution in [0.5, 0.6) is 0 Å². The van der Waals surface area contributed by atoms with Crippen molar-refractivity contribution in [2.75, 3.05) is 5.32 Å². The van der Waals surface area contributed by atoms with Gasteiger partial charge in [-0.05, 0) is 42.3 Å². The predicted molar refractivity (Wildman–Crippen MR) is 97.9 cm³/mol. The van der Waals surface area contributed by atoms with Gasteiger partial charge in [-0.3, -0.25) is 4.79 Å². The first-order valence-electron chi connectivity index (χ1n) is 7.70. The Balaban J connectivity index is 2.06. The molecule has 0 heterocycles. The van der Waals surface area contributed by atoms with Gasteiger partial charge in [0, 0.05) is 16.1 Å². The van der Waals surface area contributed by atoms with E-state index in [-0.39, 0.29) is 18.4 Å². The maximum absolute atomic E-state index is 12.2. The fourth-order valence-corrected chi connectivity index (χ4v) is 2.24. The van der Waals surface area contributed by atoms with Crippen molar-refractivity contribution in [3.63, 3.8) is 0 Å². The van der Waals surface area contributed by atoms with Crippen LogP contribution in [0.25, 0.3) is 0 Å². The summed E-state index contributed by atoms with van der Waals surface area (Å²) in [6.45, 7) is 5.72. The molecule has 0 saturated heterocycles. The van der Waals surface area contributed by atoms with E-state index in [0.717, 1.165) is 15.6 Å². The van der Waals surface area contributed by atoms with Crippen LogP contribution in [0.15, 0.2) is 46.9 Å². The summed E-state index contributed by atoms with van der Waals surface area (Å²) in [5, 5.41) is 2.83. The minimum atomic E-state index is -0.419. The summed E-state index contributed by atoms with van der Waals surface area (Å²) < 4.78 is 6.31. The van der Waals surface area contributed by atoms with Crippen molar-refractivity contribution < 1.29 is 14.3 Å². The molecule has 1 amide bonds. The van der Waals surface area contributed by atoms with Gasteiger partial charge in [0.2, 0.25) is 5.91 Å². The molecule has 0 unspecified atom stereocenters. The summed E-state index contributed by atoms with van der Waals surface area (Å²) in [6.07, 6.45) is 0. The standard InChI is InChI=1S/C19H20BrNO3/c1-12(2)18(22)21-17-10-15(7-4-13(17)3)19(23)24-11-14-5-8-16(20)9-6-14/h4-10,12H,11H2,1-3H3,(H,21,22). The van der Waals surface area contributed by atoms with Crippen molar-refractivity contribution in [3.8, 4) is 0 Å². The number of ether oxygens (including phenoxy) is 1. The number of esters is 1.